The SMILES string of the molecule is C[Si](C)(C)c1cnc(-c2[c-]cccc2)cc1CC1CCCCC1.Cc1cnc(-c2[c-]ccc3c2oc2nc(C(C)C)ccc23)cc1CC(C)(C)C.[Ir]. The van der Waals surface area contributed by atoms with Crippen molar-refractivity contribution >= 4 is 35.3 Å². The molecule has 0 saturated heterocycles. The zero-order valence-corrected chi connectivity index (χ0v) is 36.0. The van der Waals surface area contributed by atoms with E-state index in [0.717, 1.165) is 56.9 Å². The number of nitrogens with zero attached hydrogens (tertiary/aromatic N) is 3. The van der Waals surface area contributed by atoms with E-state index in [9.17, 15) is 0 Å². The fourth-order valence-corrected chi connectivity index (χ4v) is 8.95. The summed E-state index contributed by atoms with van der Waals surface area (Å²) in [6.45, 7) is 20.5. The number of pyridine rings is 3. The predicted octanol–water partition coefficient (Wildman–Crippen LogP) is 12.1. The van der Waals surface area contributed by atoms with Gasteiger partial charge in [0.25, 0.3) is 0 Å². The zero-order valence-electron chi connectivity index (χ0n) is 32.6. The quantitative estimate of drug-likeness (QED) is 0.118. The van der Waals surface area contributed by atoms with Gasteiger partial charge in [-0.1, -0.05) is 121 Å². The standard InChI is InChI=1S/C25H27N2O.C21H28NSi.Ir/c1-15(2)21-11-10-19-18-8-7-9-20(23(18)28-24(19)27-21)22-12-17(13-25(4,5)6)16(3)14-26-22;1-23(2,3)21-16-22-20(18-12-8-5-9-13-18)15-19(21)14-17-10-6-4-7-11-17;/h7-8,10-12,14-15H,13H2,1-6H3;5,8-9,12,15-17H,4,6-7,10-11,14H2,1-3H3;/q2*-1;. The second kappa shape index (κ2) is 16.7. The van der Waals surface area contributed by atoms with Gasteiger partial charge in [0.2, 0.25) is 5.71 Å². The number of hydrogen-bond acceptors (Lipinski definition) is 4. The van der Waals surface area contributed by atoms with Gasteiger partial charge >= 0.3 is 0 Å². The third-order valence-corrected chi connectivity index (χ3v) is 12.2. The van der Waals surface area contributed by atoms with Gasteiger partial charge in [-0.25, -0.2) is 4.98 Å². The van der Waals surface area contributed by atoms with E-state index in [1.165, 1.54) is 49.7 Å². The van der Waals surface area contributed by atoms with Crippen molar-refractivity contribution in [2.45, 2.75) is 112 Å². The summed E-state index contributed by atoms with van der Waals surface area (Å²) in [6.07, 6.45) is 13.4. The molecule has 0 unspecified atom stereocenters. The summed E-state index contributed by atoms with van der Waals surface area (Å²) in [4.78, 5) is 14.2. The fraction of sp³-hybridized carbons (Fsp3) is 0.413. The van der Waals surface area contributed by atoms with Gasteiger partial charge in [0.05, 0.1) is 13.7 Å². The van der Waals surface area contributed by atoms with Gasteiger partial charge in [0, 0.05) is 43.6 Å². The molecule has 0 aliphatic heterocycles. The molecular weight excluding hydrogens is 831 g/mol. The Morgan fingerprint density at radius 3 is 2.25 bits per heavy atom. The summed E-state index contributed by atoms with van der Waals surface area (Å²) < 4.78 is 6.22. The second-order valence-corrected chi connectivity index (χ2v) is 22.2. The van der Waals surface area contributed by atoms with Crippen LogP contribution in [0.15, 0.2) is 77.5 Å². The van der Waals surface area contributed by atoms with Crippen LogP contribution in [0.4, 0.5) is 0 Å². The number of aryl methyl sites for hydroxylation is 1. The largest absolute Gasteiger partial charge is 0.486 e. The molecule has 4 aromatic heterocycles. The van der Waals surface area contributed by atoms with Gasteiger partial charge in [-0.05, 0) is 71.3 Å². The van der Waals surface area contributed by atoms with Crippen LogP contribution < -0.4 is 5.19 Å². The third-order valence-electron chi connectivity index (χ3n) is 10.1. The molecule has 7 rings (SSSR count). The first-order valence-electron chi connectivity index (χ1n) is 18.9. The molecule has 1 aliphatic carbocycles. The molecule has 6 heteroatoms. The zero-order chi connectivity index (χ0) is 36.3. The molecule has 6 aromatic rings. The Labute approximate surface area is 326 Å². The van der Waals surface area contributed by atoms with E-state index in [4.69, 9.17) is 19.4 Å². The normalized spacial score (nSPS) is 14.0. The van der Waals surface area contributed by atoms with E-state index >= 15 is 0 Å². The number of fused-ring (bicyclic) bond motifs is 3. The first-order chi connectivity index (χ1) is 24.3. The Balaban J connectivity index is 0.000000201. The van der Waals surface area contributed by atoms with Gasteiger partial charge in [0.1, 0.15) is 0 Å². The number of rotatable bonds is 7. The summed E-state index contributed by atoms with van der Waals surface area (Å²) in [7, 11) is -1.36. The Bertz CT molecular complexity index is 2100. The van der Waals surface area contributed by atoms with Crippen LogP contribution in [0, 0.1) is 30.4 Å². The van der Waals surface area contributed by atoms with Crippen LogP contribution in [0.3, 0.4) is 0 Å². The van der Waals surface area contributed by atoms with Crippen molar-refractivity contribution in [2.75, 3.05) is 0 Å². The van der Waals surface area contributed by atoms with Crippen LogP contribution in [-0.4, -0.2) is 23.0 Å². The Morgan fingerprint density at radius 1 is 0.846 bits per heavy atom. The minimum Gasteiger partial charge on any atom is -0.486 e. The van der Waals surface area contributed by atoms with E-state index in [1.807, 2.05) is 30.5 Å². The molecule has 4 heterocycles. The molecule has 0 atom stereocenters. The van der Waals surface area contributed by atoms with Crippen LogP contribution in [0.2, 0.25) is 19.6 Å². The van der Waals surface area contributed by atoms with Crippen molar-refractivity contribution in [3.63, 3.8) is 0 Å². The average molecular weight is 886 g/mol. The molecule has 0 bridgehead atoms. The van der Waals surface area contributed by atoms with Crippen LogP contribution in [-0.2, 0) is 32.9 Å². The molecule has 1 radical (unpaired) electrons. The minimum atomic E-state index is -1.36. The monoisotopic (exact) mass is 886 g/mol. The molecule has 1 aliphatic rings. The number of hydrogen-bond donors (Lipinski definition) is 0. The molecule has 0 amide bonds. The molecule has 52 heavy (non-hydrogen) atoms. The molecule has 4 nitrogen and oxygen atoms in total. The van der Waals surface area contributed by atoms with Crippen LogP contribution >= 0.6 is 0 Å². The van der Waals surface area contributed by atoms with Gasteiger partial charge in [-0.15, -0.1) is 54.1 Å². The van der Waals surface area contributed by atoms with Crippen molar-refractivity contribution in [3.05, 3.63) is 108 Å². The van der Waals surface area contributed by atoms with Crippen LogP contribution in [0.5, 0.6) is 0 Å². The number of furan rings is 1. The van der Waals surface area contributed by atoms with Gasteiger partial charge < -0.3 is 14.4 Å². The van der Waals surface area contributed by atoms with Crippen molar-refractivity contribution < 1.29 is 24.5 Å². The van der Waals surface area contributed by atoms with Crippen molar-refractivity contribution in [2.24, 2.45) is 11.3 Å². The maximum absolute atomic E-state index is 6.22. The Morgan fingerprint density at radius 2 is 1.58 bits per heavy atom. The Kier molecular flexibility index (Phi) is 12.8. The molecule has 0 spiro atoms. The summed E-state index contributed by atoms with van der Waals surface area (Å²) in [5.74, 6) is 1.23. The van der Waals surface area contributed by atoms with E-state index in [0.29, 0.717) is 11.6 Å². The number of benzene rings is 2. The summed E-state index contributed by atoms with van der Waals surface area (Å²) in [5.41, 5.74) is 10.8. The van der Waals surface area contributed by atoms with E-state index in [2.05, 4.69) is 116 Å². The molecule has 1 saturated carbocycles. The fourth-order valence-electron chi connectivity index (χ4n) is 7.36. The van der Waals surface area contributed by atoms with Gasteiger partial charge in [0.15, 0.2) is 0 Å². The first-order valence-corrected chi connectivity index (χ1v) is 22.4. The van der Waals surface area contributed by atoms with E-state index in [1.54, 1.807) is 10.8 Å². The van der Waals surface area contributed by atoms with Crippen molar-refractivity contribution in [1.82, 2.24) is 15.0 Å². The van der Waals surface area contributed by atoms with E-state index < -0.39 is 8.07 Å². The molecule has 1 fully saturated rings. The summed E-state index contributed by atoms with van der Waals surface area (Å²) >= 11 is 0. The maximum Gasteiger partial charge on any atom is 0.216 e. The van der Waals surface area contributed by atoms with Gasteiger partial charge in [-0.2, -0.15) is 0 Å². The summed E-state index contributed by atoms with van der Waals surface area (Å²) in [5, 5.41) is 3.64. The molecule has 0 N–H and O–H groups in total. The smallest absolute Gasteiger partial charge is 0.216 e. The predicted molar refractivity (Wildman–Crippen MR) is 217 cm³/mol. The minimum absolute atomic E-state index is 0. The van der Waals surface area contributed by atoms with Crippen LogP contribution in [0.1, 0.15) is 95.0 Å². The average Bonchev–Trinajstić information content (AvgIpc) is 3.48. The molecule has 275 valence electrons. The molecule has 2 aromatic carbocycles. The number of aromatic nitrogens is 3. The van der Waals surface area contributed by atoms with E-state index in [-0.39, 0.29) is 25.5 Å². The summed E-state index contributed by atoms with van der Waals surface area (Å²) in [6, 6.07) is 27.6. The third kappa shape index (κ3) is 9.56. The first kappa shape index (κ1) is 39.8. The van der Waals surface area contributed by atoms with Crippen molar-refractivity contribution in [1.29, 1.82) is 0 Å². The Hall–Kier alpha value is -3.44. The van der Waals surface area contributed by atoms with Crippen molar-refractivity contribution in [3.8, 4) is 22.5 Å². The van der Waals surface area contributed by atoms with Gasteiger partial charge in [-0.3, -0.25) is 0 Å². The molecular formula is C46H55IrN3OSi-2. The second-order valence-electron chi connectivity index (χ2n) is 17.1. The topological polar surface area (TPSA) is 51.8 Å². The maximum atomic E-state index is 6.22. The van der Waals surface area contributed by atoms with Crippen LogP contribution in [0.25, 0.3) is 44.6 Å².